The predicted molar refractivity (Wildman–Crippen MR) is 107 cm³/mol. The van der Waals surface area contributed by atoms with E-state index in [1.165, 1.54) is 23.8 Å². The number of hydrogen-bond donors (Lipinski definition) is 2. The number of benzene rings is 1. The second kappa shape index (κ2) is 7.23. The van der Waals surface area contributed by atoms with Crippen LogP contribution in [0.1, 0.15) is 37.7 Å². The molecule has 2 heterocycles. The minimum absolute atomic E-state index is 0.329. The number of rotatable bonds is 4. The van der Waals surface area contributed by atoms with Crippen molar-refractivity contribution >= 4 is 28.7 Å². The lowest BCUT2D eigenvalue weighted by Gasteiger charge is -2.23. The Kier molecular flexibility index (Phi) is 4.78. The van der Waals surface area contributed by atoms with Crippen LogP contribution in [0.2, 0.25) is 5.02 Å². The van der Waals surface area contributed by atoms with Crippen molar-refractivity contribution in [2.24, 2.45) is 7.05 Å². The number of aromatic amines is 1. The summed E-state index contributed by atoms with van der Waals surface area (Å²) in [7, 11) is 1.62. The van der Waals surface area contributed by atoms with Crippen LogP contribution in [0.25, 0.3) is 11.2 Å². The maximum atomic E-state index is 12.5. The maximum absolute atomic E-state index is 12.5. The minimum Gasteiger partial charge on any atom is -0.353 e. The molecule has 8 heteroatoms. The number of aromatic nitrogens is 4. The van der Waals surface area contributed by atoms with Crippen molar-refractivity contribution in [3.8, 4) is 0 Å². The zero-order chi connectivity index (χ0) is 19.0. The molecule has 1 aromatic carbocycles. The molecule has 1 fully saturated rings. The van der Waals surface area contributed by atoms with E-state index in [4.69, 9.17) is 11.6 Å². The van der Waals surface area contributed by atoms with Gasteiger partial charge in [-0.25, -0.2) is 4.79 Å². The first kappa shape index (κ1) is 17.9. The molecule has 0 saturated heterocycles. The Morgan fingerprint density at radius 2 is 1.89 bits per heavy atom. The molecule has 4 rings (SSSR count). The molecule has 3 aromatic rings. The molecule has 1 saturated carbocycles. The standard InChI is InChI=1S/C19H22ClN5O2/c1-24-16-15(17(26)23-19(24)27)25(11-12-7-9-13(20)10-8-12)18(22-16)21-14-5-3-2-4-6-14/h7-10,14H,2-6,11H2,1H3,(H,21,22)(H,23,26,27). The number of halogens is 1. The topological polar surface area (TPSA) is 84.7 Å². The van der Waals surface area contributed by atoms with E-state index in [-0.39, 0.29) is 0 Å². The number of aryl methyl sites for hydroxylation is 1. The average molecular weight is 388 g/mol. The smallest absolute Gasteiger partial charge is 0.329 e. The number of imidazole rings is 1. The van der Waals surface area contributed by atoms with E-state index in [1.54, 1.807) is 7.05 Å². The molecule has 27 heavy (non-hydrogen) atoms. The van der Waals surface area contributed by atoms with Crippen molar-refractivity contribution < 1.29 is 0 Å². The van der Waals surface area contributed by atoms with E-state index in [1.807, 2.05) is 28.8 Å². The van der Waals surface area contributed by atoms with Crippen LogP contribution in [-0.4, -0.2) is 25.1 Å². The normalized spacial score (nSPS) is 15.3. The van der Waals surface area contributed by atoms with Gasteiger partial charge in [-0.1, -0.05) is 43.0 Å². The summed E-state index contributed by atoms with van der Waals surface area (Å²) in [5, 5.41) is 4.16. The summed E-state index contributed by atoms with van der Waals surface area (Å²) in [4.78, 5) is 31.5. The van der Waals surface area contributed by atoms with Gasteiger partial charge in [-0.05, 0) is 30.5 Å². The van der Waals surface area contributed by atoms with E-state index in [2.05, 4.69) is 15.3 Å². The molecule has 0 unspecified atom stereocenters. The van der Waals surface area contributed by atoms with Gasteiger partial charge in [-0.2, -0.15) is 4.98 Å². The molecule has 0 spiro atoms. The molecule has 0 radical (unpaired) electrons. The van der Waals surface area contributed by atoms with Gasteiger partial charge >= 0.3 is 5.69 Å². The largest absolute Gasteiger partial charge is 0.353 e. The molecule has 142 valence electrons. The Balaban J connectivity index is 1.82. The number of fused-ring (bicyclic) bond motifs is 1. The van der Waals surface area contributed by atoms with Crippen LogP contribution in [0.4, 0.5) is 5.95 Å². The molecule has 0 aliphatic heterocycles. The average Bonchev–Trinajstić information content (AvgIpc) is 3.01. The summed E-state index contributed by atoms with van der Waals surface area (Å²) in [6.07, 6.45) is 5.80. The van der Waals surface area contributed by atoms with Gasteiger partial charge in [0.05, 0.1) is 6.54 Å². The first-order valence-corrected chi connectivity index (χ1v) is 9.61. The predicted octanol–water partition coefficient (Wildman–Crippen LogP) is 2.87. The van der Waals surface area contributed by atoms with Gasteiger partial charge in [0.1, 0.15) is 0 Å². The fourth-order valence-corrected chi connectivity index (χ4v) is 3.83. The third-order valence-electron chi connectivity index (χ3n) is 5.20. The van der Waals surface area contributed by atoms with Crippen molar-refractivity contribution in [3.05, 3.63) is 55.7 Å². The van der Waals surface area contributed by atoms with Crippen molar-refractivity contribution in [1.29, 1.82) is 0 Å². The first-order chi connectivity index (χ1) is 13.0. The highest BCUT2D eigenvalue weighted by atomic mass is 35.5. The number of nitrogens with one attached hydrogen (secondary N) is 2. The van der Waals surface area contributed by atoms with Crippen LogP contribution in [0.15, 0.2) is 33.9 Å². The van der Waals surface area contributed by atoms with Crippen LogP contribution in [0, 0.1) is 0 Å². The van der Waals surface area contributed by atoms with Gasteiger partial charge in [-0.3, -0.25) is 18.9 Å². The van der Waals surface area contributed by atoms with Crippen molar-refractivity contribution in [3.63, 3.8) is 0 Å². The van der Waals surface area contributed by atoms with Gasteiger partial charge in [0.25, 0.3) is 5.56 Å². The monoisotopic (exact) mass is 387 g/mol. The summed E-state index contributed by atoms with van der Waals surface area (Å²) in [5.41, 5.74) is 0.888. The lowest BCUT2D eigenvalue weighted by atomic mass is 9.96. The lowest BCUT2D eigenvalue weighted by Crippen LogP contribution is -2.29. The zero-order valence-electron chi connectivity index (χ0n) is 15.2. The molecule has 2 aromatic heterocycles. The lowest BCUT2D eigenvalue weighted by molar-refractivity contribution is 0.459. The van der Waals surface area contributed by atoms with E-state index < -0.39 is 11.2 Å². The Bertz CT molecular complexity index is 1070. The fraction of sp³-hybridized carbons (Fsp3) is 0.421. The number of hydrogen-bond acceptors (Lipinski definition) is 4. The fourth-order valence-electron chi connectivity index (χ4n) is 3.70. The highest BCUT2D eigenvalue weighted by Gasteiger charge is 2.21. The highest BCUT2D eigenvalue weighted by molar-refractivity contribution is 6.30. The number of H-pyrrole nitrogens is 1. The Morgan fingerprint density at radius 3 is 2.59 bits per heavy atom. The molecule has 1 aliphatic rings. The Morgan fingerprint density at radius 1 is 1.19 bits per heavy atom. The Hall–Kier alpha value is -2.54. The van der Waals surface area contributed by atoms with Gasteiger partial charge < -0.3 is 5.32 Å². The van der Waals surface area contributed by atoms with Crippen LogP contribution in [0.5, 0.6) is 0 Å². The third kappa shape index (κ3) is 3.51. The van der Waals surface area contributed by atoms with Crippen molar-refractivity contribution in [2.75, 3.05) is 5.32 Å². The minimum atomic E-state index is -0.465. The molecule has 0 atom stereocenters. The molecule has 7 nitrogen and oxygen atoms in total. The molecule has 1 aliphatic carbocycles. The van der Waals surface area contributed by atoms with E-state index in [9.17, 15) is 9.59 Å². The summed E-state index contributed by atoms with van der Waals surface area (Å²) in [6, 6.07) is 7.83. The highest BCUT2D eigenvalue weighted by Crippen LogP contribution is 2.24. The summed E-state index contributed by atoms with van der Waals surface area (Å²) in [6.45, 7) is 0.462. The summed E-state index contributed by atoms with van der Waals surface area (Å²) >= 11 is 5.99. The van der Waals surface area contributed by atoms with Crippen LogP contribution >= 0.6 is 11.6 Å². The van der Waals surface area contributed by atoms with Gasteiger partial charge in [0, 0.05) is 18.1 Å². The van der Waals surface area contributed by atoms with Crippen molar-refractivity contribution in [2.45, 2.75) is 44.7 Å². The van der Waals surface area contributed by atoms with Gasteiger partial charge in [0.2, 0.25) is 5.95 Å². The molecular formula is C19H22ClN5O2. The van der Waals surface area contributed by atoms with Crippen LogP contribution in [-0.2, 0) is 13.6 Å². The SMILES string of the molecule is Cn1c(=O)[nH]c(=O)c2c1nc(NC1CCCCC1)n2Cc1ccc(Cl)cc1. The van der Waals surface area contributed by atoms with E-state index in [0.717, 1.165) is 18.4 Å². The molecule has 2 N–H and O–H groups in total. The quantitative estimate of drug-likeness (QED) is 0.720. The maximum Gasteiger partial charge on any atom is 0.329 e. The first-order valence-electron chi connectivity index (χ1n) is 9.23. The van der Waals surface area contributed by atoms with E-state index >= 15 is 0 Å². The second-order valence-corrected chi connectivity index (χ2v) is 7.55. The van der Waals surface area contributed by atoms with Crippen LogP contribution in [0.3, 0.4) is 0 Å². The van der Waals surface area contributed by atoms with Gasteiger partial charge in [-0.15, -0.1) is 0 Å². The molecule has 0 bridgehead atoms. The van der Waals surface area contributed by atoms with Crippen molar-refractivity contribution in [1.82, 2.24) is 19.1 Å². The van der Waals surface area contributed by atoms with Crippen LogP contribution < -0.4 is 16.6 Å². The second-order valence-electron chi connectivity index (χ2n) is 7.12. The zero-order valence-corrected chi connectivity index (χ0v) is 15.9. The summed E-state index contributed by atoms with van der Waals surface area (Å²) < 4.78 is 3.23. The molecule has 0 amide bonds. The molecular weight excluding hydrogens is 366 g/mol. The summed E-state index contributed by atoms with van der Waals surface area (Å²) in [5.74, 6) is 0.624. The third-order valence-corrected chi connectivity index (χ3v) is 5.45. The van der Waals surface area contributed by atoms with Gasteiger partial charge in [0.15, 0.2) is 11.2 Å². The van der Waals surface area contributed by atoms with E-state index in [0.29, 0.717) is 34.7 Å². The Labute approximate surface area is 161 Å². The number of anilines is 1. The number of nitrogens with zero attached hydrogens (tertiary/aromatic N) is 3.